The zero-order valence-corrected chi connectivity index (χ0v) is 7.55. The van der Waals surface area contributed by atoms with Crippen molar-refractivity contribution in [2.75, 3.05) is 6.54 Å². The first-order chi connectivity index (χ1) is 5.07. The van der Waals surface area contributed by atoms with Crippen molar-refractivity contribution in [3.63, 3.8) is 0 Å². The van der Waals surface area contributed by atoms with Crippen LogP contribution in [0.2, 0.25) is 0 Å². The average Bonchev–Trinajstić information content (AvgIpc) is 1.99. The van der Waals surface area contributed by atoms with E-state index in [-0.39, 0.29) is 11.9 Å². The van der Waals surface area contributed by atoms with Gasteiger partial charge in [0, 0.05) is 6.54 Å². The molecule has 0 bridgehead atoms. The quantitative estimate of drug-likeness (QED) is 0.626. The second-order valence-electron chi connectivity index (χ2n) is 3.05. The molecule has 0 aliphatic heterocycles. The summed E-state index contributed by atoms with van der Waals surface area (Å²) in [6.07, 6.45) is 1.08. The molecular weight excluding hydrogens is 140 g/mol. The van der Waals surface area contributed by atoms with Crippen LogP contribution in [0.15, 0.2) is 0 Å². The molecule has 0 radical (unpaired) electrons. The lowest BCUT2D eigenvalue weighted by Crippen LogP contribution is -2.40. The number of amides is 1. The maximum Gasteiger partial charge on any atom is 0.236 e. The maximum absolute atomic E-state index is 10.9. The van der Waals surface area contributed by atoms with E-state index in [9.17, 15) is 4.79 Å². The second kappa shape index (κ2) is 5.13. The first kappa shape index (κ1) is 10.4. The molecule has 3 nitrogen and oxygen atoms in total. The van der Waals surface area contributed by atoms with E-state index >= 15 is 0 Å². The first-order valence-corrected chi connectivity index (χ1v) is 4.11. The molecule has 0 aromatic rings. The van der Waals surface area contributed by atoms with Crippen LogP contribution >= 0.6 is 0 Å². The van der Waals surface area contributed by atoms with E-state index in [0.29, 0.717) is 5.92 Å². The Hall–Kier alpha value is -0.570. The Morgan fingerprint density at radius 1 is 1.55 bits per heavy atom. The summed E-state index contributed by atoms with van der Waals surface area (Å²) >= 11 is 0. The third kappa shape index (κ3) is 4.79. The molecule has 2 atom stereocenters. The molecule has 0 aliphatic carbocycles. The minimum absolute atomic E-state index is 0.0645. The van der Waals surface area contributed by atoms with Gasteiger partial charge in [0.25, 0.3) is 0 Å². The zero-order chi connectivity index (χ0) is 8.85. The average molecular weight is 158 g/mol. The van der Waals surface area contributed by atoms with Crippen LogP contribution in [0.1, 0.15) is 27.2 Å². The highest BCUT2D eigenvalue weighted by Gasteiger charge is 2.07. The summed E-state index contributed by atoms with van der Waals surface area (Å²) < 4.78 is 0. The van der Waals surface area contributed by atoms with Crippen molar-refractivity contribution in [3.8, 4) is 0 Å². The largest absolute Gasteiger partial charge is 0.354 e. The van der Waals surface area contributed by atoms with Gasteiger partial charge in [-0.2, -0.15) is 0 Å². The van der Waals surface area contributed by atoms with Gasteiger partial charge in [-0.05, 0) is 12.8 Å². The molecule has 0 saturated carbocycles. The van der Waals surface area contributed by atoms with E-state index in [2.05, 4.69) is 19.2 Å². The highest BCUT2D eigenvalue weighted by atomic mass is 16.2. The highest BCUT2D eigenvalue weighted by molar-refractivity contribution is 5.80. The summed E-state index contributed by atoms with van der Waals surface area (Å²) in [5.41, 5.74) is 5.35. The molecule has 0 saturated heterocycles. The number of nitrogens with one attached hydrogen (secondary N) is 1. The fraction of sp³-hybridized carbons (Fsp3) is 0.875. The molecule has 1 unspecified atom stereocenters. The van der Waals surface area contributed by atoms with Gasteiger partial charge in [-0.1, -0.05) is 20.3 Å². The SMILES string of the molecule is CCC(C)CNC(=O)[C@@H](C)N. The van der Waals surface area contributed by atoms with Gasteiger partial charge in [-0.25, -0.2) is 0 Å². The molecule has 0 spiro atoms. The molecule has 3 N–H and O–H groups in total. The van der Waals surface area contributed by atoms with Crippen LogP contribution < -0.4 is 11.1 Å². The van der Waals surface area contributed by atoms with E-state index in [0.717, 1.165) is 13.0 Å². The Bertz CT molecular complexity index is 123. The minimum atomic E-state index is -0.390. The van der Waals surface area contributed by atoms with Crippen LogP contribution in [0.4, 0.5) is 0 Å². The van der Waals surface area contributed by atoms with Gasteiger partial charge in [-0.3, -0.25) is 4.79 Å². The summed E-state index contributed by atoms with van der Waals surface area (Å²) in [4.78, 5) is 10.9. The highest BCUT2D eigenvalue weighted by Crippen LogP contribution is 1.96. The van der Waals surface area contributed by atoms with Gasteiger partial charge >= 0.3 is 0 Å². The lowest BCUT2D eigenvalue weighted by atomic mass is 10.1. The van der Waals surface area contributed by atoms with Crippen molar-refractivity contribution in [1.29, 1.82) is 0 Å². The fourth-order valence-electron chi connectivity index (χ4n) is 0.580. The van der Waals surface area contributed by atoms with Crippen LogP contribution in [0.5, 0.6) is 0 Å². The standard InChI is InChI=1S/C8H18N2O/c1-4-6(2)5-10-8(11)7(3)9/h6-7H,4-5,9H2,1-3H3,(H,10,11)/t6?,7-/m1/s1. The van der Waals surface area contributed by atoms with E-state index in [1.807, 2.05) is 0 Å². The zero-order valence-electron chi connectivity index (χ0n) is 7.55. The molecule has 0 aromatic carbocycles. The normalized spacial score (nSPS) is 15.6. The summed E-state index contributed by atoms with van der Waals surface area (Å²) in [5, 5.41) is 2.77. The molecule has 1 amide bonds. The number of carbonyl (C=O) groups is 1. The molecule has 0 fully saturated rings. The molecule has 0 rings (SSSR count). The third-order valence-electron chi connectivity index (χ3n) is 1.74. The molecule has 11 heavy (non-hydrogen) atoms. The van der Waals surface area contributed by atoms with E-state index in [1.165, 1.54) is 0 Å². The number of carbonyl (C=O) groups excluding carboxylic acids is 1. The topological polar surface area (TPSA) is 55.1 Å². The summed E-state index contributed by atoms with van der Waals surface area (Å²) in [6, 6.07) is -0.390. The van der Waals surface area contributed by atoms with Gasteiger partial charge in [-0.15, -0.1) is 0 Å². The lowest BCUT2D eigenvalue weighted by molar-refractivity contribution is -0.122. The summed E-state index contributed by atoms with van der Waals surface area (Å²) in [5.74, 6) is 0.475. The Balaban J connectivity index is 3.46. The lowest BCUT2D eigenvalue weighted by Gasteiger charge is -2.11. The van der Waals surface area contributed by atoms with Gasteiger partial charge in [0.05, 0.1) is 6.04 Å². The van der Waals surface area contributed by atoms with Crippen molar-refractivity contribution in [2.45, 2.75) is 33.2 Å². The molecular formula is C8H18N2O. The van der Waals surface area contributed by atoms with Crippen LogP contribution in [-0.4, -0.2) is 18.5 Å². The van der Waals surface area contributed by atoms with Crippen LogP contribution in [0, 0.1) is 5.92 Å². The van der Waals surface area contributed by atoms with Crippen molar-refractivity contribution in [2.24, 2.45) is 11.7 Å². The van der Waals surface area contributed by atoms with Crippen molar-refractivity contribution in [3.05, 3.63) is 0 Å². The maximum atomic E-state index is 10.9. The van der Waals surface area contributed by atoms with Crippen molar-refractivity contribution in [1.82, 2.24) is 5.32 Å². The minimum Gasteiger partial charge on any atom is -0.354 e. The molecule has 0 aliphatic rings. The van der Waals surface area contributed by atoms with Crippen molar-refractivity contribution < 1.29 is 4.79 Å². The summed E-state index contributed by atoms with van der Waals surface area (Å²) in [7, 11) is 0. The predicted octanol–water partition coefficient (Wildman–Crippen LogP) is 0.496. The molecule has 0 aromatic heterocycles. The Kier molecular flexibility index (Phi) is 4.86. The van der Waals surface area contributed by atoms with Gasteiger partial charge in [0.15, 0.2) is 0 Å². The Labute approximate surface area is 68.3 Å². The Morgan fingerprint density at radius 2 is 2.09 bits per heavy atom. The third-order valence-corrected chi connectivity index (χ3v) is 1.74. The van der Waals surface area contributed by atoms with Crippen LogP contribution in [0.25, 0.3) is 0 Å². The Morgan fingerprint density at radius 3 is 2.45 bits per heavy atom. The number of hydrogen-bond donors (Lipinski definition) is 2. The van der Waals surface area contributed by atoms with Gasteiger partial charge < -0.3 is 11.1 Å². The van der Waals surface area contributed by atoms with Crippen LogP contribution in [0.3, 0.4) is 0 Å². The van der Waals surface area contributed by atoms with E-state index < -0.39 is 0 Å². The van der Waals surface area contributed by atoms with E-state index in [4.69, 9.17) is 5.73 Å². The van der Waals surface area contributed by atoms with Gasteiger partial charge in [0.1, 0.15) is 0 Å². The predicted molar refractivity (Wildman–Crippen MR) is 46.1 cm³/mol. The number of rotatable bonds is 4. The number of nitrogens with two attached hydrogens (primary N) is 1. The molecule has 3 heteroatoms. The van der Waals surface area contributed by atoms with E-state index in [1.54, 1.807) is 6.92 Å². The molecule has 66 valence electrons. The fourth-order valence-corrected chi connectivity index (χ4v) is 0.580. The van der Waals surface area contributed by atoms with Crippen molar-refractivity contribution >= 4 is 5.91 Å². The van der Waals surface area contributed by atoms with Crippen LogP contribution in [-0.2, 0) is 4.79 Å². The summed E-state index contributed by atoms with van der Waals surface area (Å²) in [6.45, 7) is 6.62. The molecule has 0 heterocycles. The first-order valence-electron chi connectivity index (χ1n) is 4.11. The monoisotopic (exact) mass is 158 g/mol. The van der Waals surface area contributed by atoms with Gasteiger partial charge in [0.2, 0.25) is 5.91 Å². The smallest absolute Gasteiger partial charge is 0.236 e. The number of hydrogen-bond acceptors (Lipinski definition) is 2. The second-order valence-corrected chi connectivity index (χ2v) is 3.05.